The highest BCUT2D eigenvalue weighted by Gasteiger charge is 2.16. The van der Waals surface area contributed by atoms with Gasteiger partial charge in [-0.2, -0.15) is 0 Å². The number of aryl methyl sites for hydroxylation is 1. The van der Waals surface area contributed by atoms with Gasteiger partial charge in [0.15, 0.2) is 0 Å². The van der Waals surface area contributed by atoms with Crippen molar-refractivity contribution >= 4 is 11.5 Å². The highest BCUT2D eigenvalue weighted by atomic mass is 16.6. The summed E-state index contributed by atoms with van der Waals surface area (Å²) in [5.74, 6) is 0.347. The van der Waals surface area contributed by atoms with Gasteiger partial charge in [-0.15, -0.1) is 0 Å². The summed E-state index contributed by atoms with van der Waals surface area (Å²) in [6.45, 7) is 5.76. The first-order chi connectivity index (χ1) is 7.04. The first-order valence-corrected chi connectivity index (χ1v) is 4.92. The lowest BCUT2D eigenvalue weighted by Gasteiger charge is -2.11. The minimum absolute atomic E-state index is 0.0373. The molecule has 1 aromatic rings. The molecule has 1 N–H and O–H groups in total. The van der Waals surface area contributed by atoms with Crippen molar-refractivity contribution in [1.29, 1.82) is 0 Å². The predicted molar refractivity (Wildman–Crippen MR) is 59.0 cm³/mol. The largest absolute Gasteiger partial charge is 0.362 e. The number of anilines is 1. The number of hydrogen-bond acceptors (Lipinski definition) is 4. The quantitative estimate of drug-likeness (QED) is 0.611. The Labute approximate surface area is 88.7 Å². The van der Waals surface area contributed by atoms with Gasteiger partial charge in [-0.25, -0.2) is 4.98 Å². The van der Waals surface area contributed by atoms with Crippen LogP contribution in [0, 0.1) is 17.0 Å². The summed E-state index contributed by atoms with van der Waals surface area (Å²) in [4.78, 5) is 14.4. The van der Waals surface area contributed by atoms with Gasteiger partial charge in [-0.05, 0) is 25.8 Å². The van der Waals surface area contributed by atoms with Gasteiger partial charge in [0.05, 0.1) is 4.92 Å². The van der Waals surface area contributed by atoms with E-state index in [9.17, 15) is 10.1 Å². The Kier molecular flexibility index (Phi) is 3.60. The van der Waals surface area contributed by atoms with E-state index in [2.05, 4.69) is 10.3 Å². The molecule has 0 aliphatic heterocycles. The summed E-state index contributed by atoms with van der Waals surface area (Å²) >= 11 is 0. The van der Waals surface area contributed by atoms with Crippen LogP contribution in [-0.4, -0.2) is 15.9 Å². The lowest BCUT2D eigenvalue weighted by atomic mass is 10.2. The predicted octanol–water partition coefficient (Wildman–Crippen LogP) is 2.51. The van der Waals surface area contributed by atoms with E-state index in [1.165, 1.54) is 6.07 Å². The van der Waals surface area contributed by atoms with Gasteiger partial charge in [0.25, 0.3) is 0 Å². The van der Waals surface area contributed by atoms with Gasteiger partial charge in [-0.1, -0.05) is 6.92 Å². The Hall–Kier alpha value is -1.65. The summed E-state index contributed by atoms with van der Waals surface area (Å²) in [6, 6.07) is 1.71. The average molecular weight is 209 g/mol. The van der Waals surface area contributed by atoms with Crippen LogP contribution < -0.4 is 5.32 Å². The van der Waals surface area contributed by atoms with Crippen LogP contribution in [0.2, 0.25) is 0 Å². The Morgan fingerprint density at radius 1 is 1.67 bits per heavy atom. The standard InChI is InChI=1S/C10H15N3O2/c1-4-8(3)12-10-9(13(14)15)5-7(2)6-11-10/h5-6,8H,4H2,1-3H3,(H,11,12). The molecule has 15 heavy (non-hydrogen) atoms. The normalized spacial score (nSPS) is 12.2. The third-order valence-corrected chi connectivity index (χ3v) is 2.20. The molecule has 0 radical (unpaired) electrons. The molecule has 0 amide bonds. The number of nitro groups is 1. The SMILES string of the molecule is CCC(C)Nc1ncc(C)cc1[N+](=O)[O-]. The molecular formula is C10H15N3O2. The van der Waals surface area contributed by atoms with Crippen molar-refractivity contribution in [2.45, 2.75) is 33.2 Å². The minimum Gasteiger partial charge on any atom is -0.362 e. The van der Waals surface area contributed by atoms with E-state index in [1.54, 1.807) is 13.1 Å². The van der Waals surface area contributed by atoms with Crippen LogP contribution in [0.5, 0.6) is 0 Å². The van der Waals surface area contributed by atoms with Crippen LogP contribution in [0.1, 0.15) is 25.8 Å². The van der Waals surface area contributed by atoms with Crippen LogP contribution in [0.3, 0.4) is 0 Å². The van der Waals surface area contributed by atoms with Crippen LogP contribution in [-0.2, 0) is 0 Å². The van der Waals surface area contributed by atoms with Crippen LogP contribution in [0.4, 0.5) is 11.5 Å². The van der Waals surface area contributed by atoms with Crippen molar-refractivity contribution in [3.8, 4) is 0 Å². The molecule has 0 aromatic carbocycles. The number of rotatable bonds is 4. The number of hydrogen-bond donors (Lipinski definition) is 1. The van der Waals surface area contributed by atoms with E-state index in [4.69, 9.17) is 0 Å². The summed E-state index contributed by atoms with van der Waals surface area (Å²) < 4.78 is 0. The van der Waals surface area contributed by atoms with Crippen molar-refractivity contribution in [3.63, 3.8) is 0 Å². The summed E-state index contributed by atoms with van der Waals surface area (Å²) in [5, 5.41) is 13.8. The van der Waals surface area contributed by atoms with Crippen molar-refractivity contribution < 1.29 is 4.92 Å². The molecular weight excluding hydrogens is 194 g/mol. The minimum atomic E-state index is -0.412. The summed E-state index contributed by atoms with van der Waals surface area (Å²) in [7, 11) is 0. The number of aromatic nitrogens is 1. The summed E-state index contributed by atoms with van der Waals surface area (Å²) in [5.41, 5.74) is 0.826. The molecule has 1 heterocycles. The second kappa shape index (κ2) is 4.72. The van der Waals surface area contributed by atoms with Gasteiger partial charge >= 0.3 is 5.69 Å². The topological polar surface area (TPSA) is 68.1 Å². The fourth-order valence-electron chi connectivity index (χ4n) is 1.14. The van der Waals surface area contributed by atoms with Crippen molar-refractivity contribution in [1.82, 2.24) is 4.98 Å². The molecule has 1 aromatic heterocycles. The van der Waals surface area contributed by atoms with Crippen molar-refractivity contribution in [2.24, 2.45) is 0 Å². The first kappa shape index (κ1) is 11.4. The molecule has 0 spiro atoms. The molecule has 1 unspecified atom stereocenters. The third-order valence-electron chi connectivity index (χ3n) is 2.20. The zero-order valence-corrected chi connectivity index (χ0v) is 9.15. The van der Waals surface area contributed by atoms with E-state index in [0.29, 0.717) is 5.82 Å². The maximum Gasteiger partial charge on any atom is 0.311 e. The monoisotopic (exact) mass is 209 g/mol. The Morgan fingerprint density at radius 2 is 2.33 bits per heavy atom. The van der Waals surface area contributed by atoms with E-state index in [-0.39, 0.29) is 11.7 Å². The van der Waals surface area contributed by atoms with E-state index < -0.39 is 4.92 Å². The van der Waals surface area contributed by atoms with Crippen molar-refractivity contribution in [3.05, 3.63) is 27.9 Å². The Balaban J connectivity index is 3.01. The van der Waals surface area contributed by atoms with Gasteiger partial charge < -0.3 is 5.32 Å². The molecule has 0 aliphatic carbocycles. The Bertz CT molecular complexity index is 366. The molecule has 1 rings (SSSR count). The van der Waals surface area contributed by atoms with Crippen LogP contribution >= 0.6 is 0 Å². The van der Waals surface area contributed by atoms with Gasteiger partial charge in [0, 0.05) is 18.3 Å². The number of pyridine rings is 1. The van der Waals surface area contributed by atoms with Crippen molar-refractivity contribution in [2.75, 3.05) is 5.32 Å². The fourth-order valence-corrected chi connectivity index (χ4v) is 1.14. The molecule has 5 heteroatoms. The first-order valence-electron chi connectivity index (χ1n) is 4.92. The smallest absolute Gasteiger partial charge is 0.311 e. The fraction of sp³-hybridized carbons (Fsp3) is 0.500. The van der Waals surface area contributed by atoms with Gasteiger partial charge in [-0.3, -0.25) is 10.1 Å². The molecule has 0 saturated carbocycles. The molecule has 1 atom stereocenters. The second-order valence-electron chi connectivity index (χ2n) is 3.59. The van der Waals surface area contributed by atoms with E-state index >= 15 is 0 Å². The maximum atomic E-state index is 10.8. The Morgan fingerprint density at radius 3 is 2.87 bits per heavy atom. The molecule has 5 nitrogen and oxygen atoms in total. The molecule has 82 valence electrons. The molecule has 0 fully saturated rings. The van der Waals surface area contributed by atoms with Crippen LogP contribution in [0.15, 0.2) is 12.3 Å². The molecule has 0 bridgehead atoms. The second-order valence-corrected chi connectivity index (χ2v) is 3.59. The van der Waals surface area contributed by atoms with Gasteiger partial charge in [0.1, 0.15) is 0 Å². The lowest BCUT2D eigenvalue weighted by Crippen LogP contribution is -2.15. The molecule has 0 aliphatic rings. The average Bonchev–Trinajstić information content (AvgIpc) is 2.20. The zero-order chi connectivity index (χ0) is 11.4. The lowest BCUT2D eigenvalue weighted by molar-refractivity contribution is -0.384. The highest BCUT2D eigenvalue weighted by Crippen LogP contribution is 2.23. The van der Waals surface area contributed by atoms with E-state index in [1.807, 2.05) is 13.8 Å². The molecule has 0 saturated heterocycles. The number of nitrogens with zero attached hydrogens (tertiary/aromatic N) is 2. The maximum absolute atomic E-state index is 10.8. The summed E-state index contributed by atoms with van der Waals surface area (Å²) in [6.07, 6.45) is 2.52. The number of nitrogens with one attached hydrogen (secondary N) is 1. The zero-order valence-electron chi connectivity index (χ0n) is 9.15. The van der Waals surface area contributed by atoms with Crippen LogP contribution in [0.25, 0.3) is 0 Å². The highest BCUT2D eigenvalue weighted by molar-refractivity contribution is 5.56. The van der Waals surface area contributed by atoms with Gasteiger partial charge in [0.2, 0.25) is 5.82 Å². The third kappa shape index (κ3) is 2.90. The van der Waals surface area contributed by atoms with E-state index in [0.717, 1.165) is 12.0 Å².